The molecule has 1 aliphatic rings. The Morgan fingerprint density at radius 3 is 2.77 bits per heavy atom. The Morgan fingerprint density at radius 2 is 2.23 bits per heavy atom. The minimum atomic E-state index is -3.05. The van der Waals surface area contributed by atoms with Crippen molar-refractivity contribution < 1.29 is 18.0 Å². The van der Waals surface area contributed by atoms with E-state index >= 15 is 0 Å². The second-order valence-electron chi connectivity index (χ2n) is 5.27. The molecule has 0 radical (unpaired) electrons. The molecule has 0 aromatic carbocycles. The van der Waals surface area contributed by atoms with Crippen molar-refractivity contribution >= 4 is 21.7 Å². The SMILES string of the molecule is CC(=O)N(CCNC(=O)c1cccnc1)C1CCS(=O)(=O)C1. The molecule has 7 nitrogen and oxygen atoms in total. The molecule has 1 fully saturated rings. The van der Waals surface area contributed by atoms with E-state index < -0.39 is 9.84 Å². The number of hydrogen-bond acceptors (Lipinski definition) is 5. The van der Waals surface area contributed by atoms with Gasteiger partial charge in [-0.05, 0) is 18.6 Å². The van der Waals surface area contributed by atoms with Crippen LogP contribution in [0, 0.1) is 0 Å². The van der Waals surface area contributed by atoms with Crippen LogP contribution in [-0.4, -0.2) is 60.8 Å². The van der Waals surface area contributed by atoms with Crippen molar-refractivity contribution in [1.29, 1.82) is 0 Å². The van der Waals surface area contributed by atoms with Gasteiger partial charge < -0.3 is 10.2 Å². The lowest BCUT2D eigenvalue weighted by Crippen LogP contribution is -2.44. The molecular formula is C14H19N3O4S. The van der Waals surface area contributed by atoms with E-state index in [9.17, 15) is 18.0 Å². The topological polar surface area (TPSA) is 96.4 Å². The number of carbonyl (C=O) groups excluding carboxylic acids is 2. The van der Waals surface area contributed by atoms with Gasteiger partial charge >= 0.3 is 0 Å². The first-order valence-electron chi connectivity index (χ1n) is 7.05. The van der Waals surface area contributed by atoms with E-state index in [0.29, 0.717) is 18.5 Å². The maximum absolute atomic E-state index is 11.9. The van der Waals surface area contributed by atoms with Gasteiger partial charge in [0, 0.05) is 38.4 Å². The summed E-state index contributed by atoms with van der Waals surface area (Å²) < 4.78 is 23.0. The number of hydrogen-bond donors (Lipinski definition) is 1. The van der Waals surface area contributed by atoms with Gasteiger partial charge in [0.2, 0.25) is 5.91 Å². The summed E-state index contributed by atoms with van der Waals surface area (Å²) in [7, 11) is -3.05. The fraction of sp³-hybridized carbons (Fsp3) is 0.500. The maximum atomic E-state index is 11.9. The average molecular weight is 325 g/mol. The molecule has 120 valence electrons. The Balaban J connectivity index is 1.88. The smallest absolute Gasteiger partial charge is 0.252 e. The number of nitrogens with zero attached hydrogens (tertiary/aromatic N) is 2. The first-order valence-corrected chi connectivity index (χ1v) is 8.87. The average Bonchev–Trinajstić information content (AvgIpc) is 2.83. The Hall–Kier alpha value is -1.96. The Kier molecular flexibility index (Phi) is 5.12. The molecule has 1 aromatic rings. The maximum Gasteiger partial charge on any atom is 0.252 e. The fourth-order valence-electron chi connectivity index (χ4n) is 2.51. The number of amides is 2. The molecule has 8 heteroatoms. The van der Waals surface area contributed by atoms with Crippen LogP contribution in [0.1, 0.15) is 23.7 Å². The van der Waals surface area contributed by atoms with E-state index in [-0.39, 0.29) is 35.9 Å². The Labute approximate surface area is 129 Å². The van der Waals surface area contributed by atoms with Crippen LogP contribution in [0.15, 0.2) is 24.5 Å². The lowest BCUT2D eigenvalue weighted by molar-refractivity contribution is -0.130. The molecule has 22 heavy (non-hydrogen) atoms. The number of aromatic nitrogens is 1. The molecular weight excluding hydrogens is 306 g/mol. The molecule has 1 aromatic heterocycles. The van der Waals surface area contributed by atoms with Crippen molar-refractivity contribution in [1.82, 2.24) is 15.2 Å². The molecule has 1 atom stereocenters. The highest BCUT2D eigenvalue weighted by Gasteiger charge is 2.33. The molecule has 1 N–H and O–H groups in total. The third-order valence-electron chi connectivity index (χ3n) is 3.62. The standard InChI is InChI=1S/C14H19N3O4S/c1-11(18)17(13-4-8-22(20,21)10-13)7-6-16-14(19)12-3-2-5-15-9-12/h2-3,5,9,13H,4,6-8,10H2,1H3,(H,16,19). The van der Waals surface area contributed by atoms with Crippen LogP contribution >= 0.6 is 0 Å². The molecule has 0 bridgehead atoms. The minimum Gasteiger partial charge on any atom is -0.350 e. The van der Waals surface area contributed by atoms with E-state index in [4.69, 9.17) is 0 Å². The molecule has 0 spiro atoms. The first-order chi connectivity index (χ1) is 10.4. The monoisotopic (exact) mass is 325 g/mol. The largest absolute Gasteiger partial charge is 0.350 e. The predicted octanol–water partition coefficient (Wildman–Crippen LogP) is -0.153. The zero-order valence-electron chi connectivity index (χ0n) is 12.4. The van der Waals surface area contributed by atoms with Crippen molar-refractivity contribution in [2.75, 3.05) is 24.6 Å². The van der Waals surface area contributed by atoms with E-state index in [0.717, 1.165) is 0 Å². The molecule has 2 amide bonds. The zero-order valence-corrected chi connectivity index (χ0v) is 13.2. The van der Waals surface area contributed by atoms with Gasteiger partial charge in [-0.2, -0.15) is 0 Å². The summed E-state index contributed by atoms with van der Waals surface area (Å²) in [6.07, 6.45) is 3.49. The summed E-state index contributed by atoms with van der Waals surface area (Å²) in [4.78, 5) is 29.0. The van der Waals surface area contributed by atoms with Gasteiger partial charge in [0.15, 0.2) is 9.84 Å². The van der Waals surface area contributed by atoms with E-state index in [1.54, 1.807) is 18.3 Å². The Morgan fingerprint density at radius 1 is 1.45 bits per heavy atom. The second-order valence-corrected chi connectivity index (χ2v) is 7.50. The molecule has 0 saturated carbocycles. The summed E-state index contributed by atoms with van der Waals surface area (Å²) in [6.45, 7) is 1.97. The lowest BCUT2D eigenvalue weighted by Gasteiger charge is -2.27. The first kappa shape index (κ1) is 16.4. The van der Waals surface area contributed by atoms with Gasteiger partial charge in [-0.1, -0.05) is 0 Å². The molecule has 0 aliphatic carbocycles. The predicted molar refractivity (Wildman–Crippen MR) is 81.0 cm³/mol. The summed E-state index contributed by atoms with van der Waals surface area (Å²) in [5.74, 6) is -0.333. The third-order valence-corrected chi connectivity index (χ3v) is 5.37. The summed E-state index contributed by atoms with van der Waals surface area (Å²) in [5.41, 5.74) is 0.445. The number of pyridine rings is 1. The van der Waals surface area contributed by atoms with Gasteiger partial charge in [-0.3, -0.25) is 14.6 Å². The highest BCUT2D eigenvalue weighted by Crippen LogP contribution is 2.17. The van der Waals surface area contributed by atoms with Crippen LogP contribution in [0.4, 0.5) is 0 Å². The van der Waals surface area contributed by atoms with Crippen LogP contribution in [0.25, 0.3) is 0 Å². The minimum absolute atomic E-state index is 0.00311. The second kappa shape index (κ2) is 6.87. The quantitative estimate of drug-likeness (QED) is 0.812. The summed E-state index contributed by atoms with van der Waals surface area (Å²) >= 11 is 0. The summed E-state index contributed by atoms with van der Waals surface area (Å²) in [6, 6.07) is 3.02. The van der Waals surface area contributed by atoms with Crippen molar-refractivity contribution in [3.8, 4) is 0 Å². The normalized spacial score (nSPS) is 19.6. The molecule has 2 rings (SSSR count). The van der Waals surface area contributed by atoms with E-state index in [1.807, 2.05) is 0 Å². The fourth-order valence-corrected chi connectivity index (χ4v) is 4.24. The van der Waals surface area contributed by atoms with Crippen LogP contribution in [0.5, 0.6) is 0 Å². The van der Waals surface area contributed by atoms with E-state index in [2.05, 4.69) is 10.3 Å². The zero-order chi connectivity index (χ0) is 16.2. The lowest BCUT2D eigenvalue weighted by atomic mass is 10.2. The van der Waals surface area contributed by atoms with Gasteiger partial charge in [-0.15, -0.1) is 0 Å². The van der Waals surface area contributed by atoms with Crippen LogP contribution in [0.2, 0.25) is 0 Å². The molecule has 1 saturated heterocycles. The van der Waals surface area contributed by atoms with E-state index in [1.165, 1.54) is 18.0 Å². The molecule has 1 unspecified atom stereocenters. The summed E-state index contributed by atoms with van der Waals surface area (Å²) in [5, 5.41) is 2.71. The third kappa shape index (κ3) is 4.27. The van der Waals surface area contributed by atoms with Crippen molar-refractivity contribution in [3.63, 3.8) is 0 Å². The van der Waals surface area contributed by atoms with Gasteiger partial charge in [-0.25, -0.2) is 8.42 Å². The number of rotatable bonds is 5. The van der Waals surface area contributed by atoms with Gasteiger partial charge in [0.1, 0.15) is 0 Å². The van der Waals surface area contributed by atoms with Crippen molar-refractivity contribution in [3.05, 3.63) is 30.1 Å². The van der Waals surface area contributed by atoms with Gasteiger partial charge in [0.05, 0.1) is 17.1 Å². The number of nitrogens with one attached hydrogen (secondary N) is 1. The Bertz CT molecular complexity index is 645. The molecule has 1 aliphatic heterocycles. The number of sulfone groups is 1. The van der Waals surface area contributed by atoms with Crippen LogP contribution < -0.4 is 5.32 Å². The number of carbonyl (C=O) groups is 2. The van der Waals surface area contributed by atoms with Gasteiger partial charge in [0.25, 0.3) is 5.91 Å². The molecule has 2 heterocycles. The van der Waals surface area contributed by atoms with Crippen molar-refractivity contribution in [2.24, 2.45) is 0 Å². The van der Waals surface area contributed by atoms with Crippen molar-refractivity contribution in [2.45, 2.75) is 19.4 Å². The van der Waals surface area contributed by atoms with Crippen LogP contribution in [-0.2, 0) is 14.6 Å². The highest BCUT2D eigenvalue weighted by atomic mass is 32.2. The highest BCUT2D eigenvalue weighted by molar-refractivity contribution is 7.91. The van der Waals surface area contributed by atoms with Crippen LogP contribution in [0.3, 0.4) is 0 Å².